The summed E-state index contributed by atoms with van der Waals surface area (Å²) in [5.41, 5.74) is 3.44. The van der Waals surface area contributed by atoms with Crippen LogP contribution in [0.5, 0.6) is 5.75 Å². The summed E-state index contributed by atoms with van der Waals surface area (Å²) in [5, 5.41) is 2.81. The van der Waals surface area contributed by atoms with E-state index in [0.717, 1.165) is 22.6 Å². The molecule has 5 nitrogen and oxygen atoms in total. The zero-order valence-corrected chi connectivity index (χ0v) is 17.4. The van der Waals surface area contributed by atoms with Gasteiger partial charge in [-0.05, 0) is 41.3 Å². The molecule has 3 rings (SSSR count). The van der Waals surface area contributed by atoms with Crippen molar-refractivity contribution in [2.45, 2.75) is 39.2 Å². The minimum Gasteiger partial charge on any atom is -0.492 e. The Morgan fingerprint density at radius 1 is 1.17 bits per heavy atom. The van der Waals surface area contributed by atoms with E-state index >= 15 is 0 Å². The molecule has 1 heterocycles. The first-order valence-corrected chi connectivity index (χ1v) is 9.96. The van der Waals surface area contributed by atoms with Crippen LogP contribution in [0.4, 0.5) is 0 Å². The number of fused-ring (bicyclic) bond motifs is 1. The third-order valence-electron chi connectivity index (χ3n) is 4.87. The number of para-hydroxylation sites is 2. The van der Waals surface area contributed by atoms with Crippen molar-refractivity contribution in [1.29, 1.82) is 0 Å². The van der Waals surface area contributed by atoms with Crippen molar-refractivity contribution < 1.29 is 9.53 Å². The van der Waals surface area contributed by atoms with Gasteiger partial charge in [0.05, 0.1) is 17.6 Å². The van der Waals surface area contributed by atoms with Crippen molar-refractivity contribution in [2.75, 3.05) is 13.2 Å². The molecule has 0 radical (unpaired) electrons. The molecule has 0 fully saturated rings. The van der Waals surface area contributed by atoms with E-state index in [0.29, 0.717) is 26.1 Å². The lowest BCUT2D eigenvalue weighted by molar-refractivity contribution is -0.116. The Hall–Kier alpha value is -3.08. The summed E-state index contributed by atoms with van der Waals surface area (Å²) < 4.78 is 8.14. The average Bonchev–Trinajstić information content (AvgIpc) is 3.05. The number of carbonyl (C=O) groups excluding carboxylic acids is 1. The maximum absolute atomic E-state index is 11.4. The smallest absolute Gasteiger partial charge is 0.243 e. The van der Waals surface area contributed by atoms with Crippen LogP contribution in [0, 0.1) is 0 Å². The Morgan fingerprint density at radius 3 is 2.59 bits per heavy atom. The van der Waals surface area contributed by atoms with Crippen molar-refractivity contribution in [3.8, 4) is 5.75 Å². The number of aromatic nitrogens is 2. The third kappa shape index (κ3) is 5.25. The molecule has 0 unspecified atom stereocenters. The van der Waals surface area contributed by atoms with Crippen molar-refractivity contribution in [3.63, 3.8) is 0 Å². The van der Waals surface area contributed by atoms with E-state index in [2.05, 4.69) is 55.4 Å². The van der Waals surface area contributed by atoms with E-state index < -0.39 is 0 Å². The number of ether oxygens (including phenoxy) is 1. The van der Waals surface area contributed by atoms with E-state index in [-0.39, 0.29) is 11.3 Å². The second-order valence-corrected chi connectivity index (χ2v) is 8.04. The summed E-state index contributed by atoms with van der Waals surface area (Å²) in [5.74, 6) is 1.62. The first-order chi connectivity index (χ1) is 13.9. The fraction of sp³-hybridized carbons (Fsp3) is 0.333. The molecule has 29 heavy (non-hydrogen) atoms. The van der Waals surface area contributed by atoms with Crippen molar-refractivity contribution in [3.05, 3.63) is 72.6 Å². The molecule has 1 N–H and O–H groups in total. The van der Waals surface area contributed by atoms with Crippen molar-refractivity contribution in [1.82, 2.24) is 14.9 Å². The molecular formula is C24H29N3O2. The van der Waals surface area contributed by atoms with E-state index in [1.807, 2.05) is 30.3 Å². The van der Waals surface area contributed by atoms with Crippen molar-refractivity contribution >= 4 is 16.9 Å². The Labute approximate surface area is 172 Å². The lowest BCUT2D eigenvalue weighted by atomic mass is 9.87. The molecule has 0 atom stereocenters. The zero-order chi connectivity index (χ0) is 20.9. The van der Waals surface area contributed by atoms with Crippen LogP contribution in [0.15, 0.2) is 61.2 Å². The van der Waals surface area contributed by atoms with Gasteiger partial charge in [0.1, 0.15) is 18.2 Å². The Kier molecular flexibility index (Phi) is 6.37. The lowest BCUT2D eigenvalue weighted by Crippen LogP contribution is -2.24. The molecule has 0 aliphatic carbocycles. The van der Waals surface area contributed by atoms with Crippen LogP contribution in [0.25, 0.3) is 11.0 Å². The number of amides is 1. The summed E-state index contributed by atoms with van der Waals surface area (Å²) in [6.45, 7) is 11.8. The largest absolute Gasteiger partial charge is 0.492 e. The van der Waals surface area contributed by atoms with Gasteiger partial charge < -0.3 is 14.6 Å². The van der Waals surface area contributed by atoms with Crippen LogP contribution in [0.2, 0.25) is 0 Å². The highest BCUT2D eigenvalue weighted by Gasteiger charge is 2.13. The summed E-state index contributed by atoms with van der Waals surface area (Å²) in [6.07, 6.45) is 1.93. The van der Waals surface area contributed by atoms with E-state index in [1.165, 1.54) is 11.6 Å². The molecule has 0 aliphatic rings. The number of hydrogen-bond acceptors (Lipinski definition) is 3. The fourth-order valence-electron chi connectivity index (χ4n) is 3.24. The molecule has 0 spiro atoms. The van der Waals surface area contributed by atoms with E-state index in [9.17, 15) is 4.79 Å². The van der Waals surface area contributed by atoms with E-state index in [1.54, 1.807) is 0 Å². The Balaban J connectivity index is 1.67. The number of benzene rings is 2. The molecule has 1 aromatic heterocycles. The van der Waals surface area contributed by atoms with Crippen LogP contribution in [0.1, 0.15) is 32.2 Å². The van der Waals surface area contributed by atoms with E-state index in [4.69, 9.17) is 9.72 Å². The van der Waals surface area contributed by atoms with Crippen LogP contribution in [-0.2, 0) is 23.2 Å². The molecule has 2 aromatic carbocycles. The lowest BCUT2D eigenvalue weighted by Gasteiger charge is -2.19. The van der Waals surface area contributed by atoms with Gasteiger partial charge >= 0.3 is 0 Å². The predicted molar refractivity (Wildman–Crippen MR) is 117 cm³/mol. The second-order valence-electron chi connectivity index (χ2n) is 8.04. The topological polar surface area (TPSA) is 56.2 Å². The molecule has 0 saturated carbocycles. The normalized spacial score (nSPS) is 11.4. The van der Waals surface area contributed by atoms with Crippen LogP contribution < -0.4 is 10.1 Å². The van der Waals surface area contributed by atoms with Gasteiger partial charge in [0.2, 0.25) is 5.91 Å². The molecule has 0 bridgehead atoms. The third-order valence-corrected chi connectivity index (χ3v) is 4.87. The van der Waals surface area contributed by atoms with Gasteiger partial charge in [0, 0.05) is 13.0 Å². The molecule has 3 aromatic rings. The van der Waals surface area contributed by atoms with Crippen LogP contribution >= 0.6 is 0 Å². The highest BCUT2D eigenvalue weighted by Crippen LogP contribution is 2.24. The van der Waals surface area contributed by atoms with Gasteiger partial charge in [-0.1, -0.05) is 51.6 Å². The number of rotatable bonds is 8. The number of hydrogen-bond donors (Lipinski definition) is 1. The quantitative estimate of drug-likeness (QED) is 0.584. The summed E-state index contributed by atoms with van der Waals surface area (Å²) in [6, 6.07) is 16.4. The first-order valence-electron chi connectivity index (χ1n) is 9.96. The molecule has 1 amide bonds. The molecule has 0 saturated heterocycles. The Morgan fingerprint density at radius 2 is 1.90 bits per heavy atom. The summed E-state index contributed by atoms with van der Waals surface area (Å²) in [4.78, 5) is 16.1. The number of nitrogens with zero attached hydrogens (tertiary/aromatic N) is 2. The monoisotopic (exact) mass is 391 g/mol. The summed E-state index contributed by atoms with van der Waals surface area (Å²) in [7, 11) is 0. The van der Waals surface area contributed by atoms with Gasteiger partial charge in [-0.15, -0.1) is 0 Å². The van der Waals surface area contributed by atoms with Crippen LogP contribution in [0.3, 0.4) is 0 Å². The van der Waals surface area contributed by atoms with Crippen molar-refractivity contribution in [2.24, 2.45) is 0 Å². The summed E-state index contributed by atoms with van der Waals surface area (Å²) >= 11 is 0. The SMILES string of the molecule is C=CC(=O)NCCc1nc2ccccc2n1CCOc1ccc(C(C)(C)C)cc1. The average molecular weight is 392 g/mol. The number of carbonyl (C=O) groups is 1. The zero-order valence-electron chi connectivity index (χ0n) is 17.4. The maximum Gasteiger partial charge on any atom is 0.243 e. The Bertz CT molecular complexity index is 982. The predicted octanol–water partition coefficient (Wildman–Crippen LogP) is 4.26. The molecular weight excluding hydrogens is 362 g/mol. The minimum atomic E-state index is -0.172. The first kappa shape index (κ1) is 20.6. The second kappa shape index (κ2) is 8.95. The molecule has 152 valence electrons. The molecule has 5 heteroatoms. The maximum atomic E-state index is 11.4. The minimum absolute atomic E-state index is 0.129. The molecule has 0 aliphatic heterocycles. The number of imidazole rings is 1. The van der Waals surface area contributed by atoms with Gasteiger partial charge in [-0.25, -0.2) is 4.98 Å². The highest BCUT2D eigenvalue weighted by molar-refractivity contribution is 5.86. The van der Waals surface area contributed by atoms with Gasteiger partial charge in [-0.3, -0.25) is 4.79 Å². The van der Waals surface area contributed by atoms with Gasteiger partial charge in [0.25, 0.3) is 0 Å². The highest BCUT2D eigenvalue weighted by atomic mass is 16.5. The van der Waals surface area contributed by atoms with Gasteiger partial charge in [-0.2, -0.15) is 0 Å². The van der Waals surface area contributed by atoms with Crippen LogP contribution in [-0.4, -0.2) is 28.6 Å². The number of nitrogens with one attached hydrogen (secondary N) is 1. The standard InChI is InChI=1S/C24H29N3O2/c1-5-23(28)25-15-14-22-26-20-8-6-7-9-21(20)27(22)16-17-29-19-12-10-18(11-13-19)24(2,3)4/h5-13H,1,14-17H2,2-4H3,(H,25,28). The fourth-order valence-corrected chi connectivity index (χ4v) is 3.24. The van der Waals surface area contributed by atoms with Gasteiger partial charge in [0.15, 0.2) is 0 Å².